The van der Waals surface area contributed by atoms with Gasteiger partial charge in [0.15, 0.2) is 0 Å². The van der Waals surface area contributed by atoms with E-state index >= 15 is 0 Å². The van der Waals surface area contributed by atoms with Gasteiger partial charge in [-0.3, -0.25) is 9.11 Å². The molecule has 0 spiro atoms. The minimum absolute atomic E-state index is 0. The Morgan fingerprint density at radius 1 is 1.33 bits per heavy atom. The van der Waals surface area contributed by atoms with Gasteiger partial charge in [-0.2, -0.15) is 8.42 Å². The molecule has 0 atom stereocenters. The maximum atomic E-state index is 8.74. The van der Waals surface area contributed by atoms with E-state index in [4.69, 9.17) is 17.5 Å². The van der Waals surface area contributed by atoms with Crippen LogP contribution in [0.2, 0.25) is 0 Å². The summed E-state index contributed by atoms with van der Waals surface area (Å²) in [7, 11) is -4.67. The van der Waals surface area contributed by atoms with Gasteiger partial charge in [-0.15, -0.1) is 0 Å². The molecule has 0 aromatic carbocycles. The van der Waals surface area contributed by atoms with Crippen LogP contribution in [0, 0.1) is 0 Å². The van der Waals surface area contributed by atoms with Crippen molar-refractivity contribution in [2.24, 2.45) is 0 Å². The molecule has 0 rings (SSSR count). The maximum Gasteiger partial charge on any atom is 2.00 e. The van der Waals surface area contributed by atoms with Gasteiger partial charge in [0.05, 0.1) is 0 Å². The molecular weight excluding hydrogens is 136 g/mol. The van der Waals surface area contributed by atoms with E-state index in [2.05, 4.69) is 0 Å². The quantitative estimate of drug-likeness (QED) is 0.336. The first-order chi connectivity index (χ1) is 2.00. The Hall–Kier alpha value is 1.13. The normalized spacial score (nSPS) is 9.67. The van der Waals surface area contributed by atoms with Gasteiger partial charge in [-0.25, -0.2) is 0 Å². The van der Waals surface area contributed by atoms with Crippen molar-refractivity contribution in [3.8, 4) is 0 Å². The number of hydrogen-bond acceptors (Lipinski definition) is 2. The smallest absolute Gasteiger partial charge is 0.264 e. The zero-order valence-corrected chi connectivity index (χ0v) is 5.85. The van der Waals surface area contributed by atoms with E-state index in [1.165, 1.54) is 0 Å². The molecule has 0 amide bonds. The predicted molar refractivity (Wildman–Crippen MR) is 21.0 cm³/mol. The van der Waals surface area contributed by atoms with E-state index in [0.29, 0.717) is 0 Å². The summed E-state index contributed by atoms with van der Waals surface area (Å²) in [5.41, 5.74) is 0. The fourth-order valence-electron chi connectivity index (χ4n) is 0. The number of rotatable bonds is 0. The maximum absolute atomic E-state index is 8.74. The van der Waals surface area contributed by atoms with Crippen molar-refractivity contribution < 1.29 is 18.9 Å². The van der Waals surface area contributed by atoms with E-state index in [1.54, 1.807) is 0 Å². The fourth-order valence-corrected chi connectivity index (χ4v) is 0. The predicted octanol–water partition coefficient (Wildman–Crippen LogP) is -0.921. The molecule has 0 aliphatic carbocycles. The van der Waals surface area contributed by atoms with Gasteiger partial charge in [-0.1, -0.05) is 0 Å². The zero-order valence-electron chi connectivity index (χ0n) is 3.83. The Morgan fingerprint density at radius 3 is 1.33 bits per heavy atom. The van der Waals surface area contributed by atoms with Crippen LogP contribution in [0.1, 0.15) is 1.43 Å². The first-order valence-electron chi connectivity index (χ1n) is 0.698. The third kappa shape index (κ3) is 68.5. The van der Waals surface area contributed by atoms with Crippen LogP contribution in [0.5, 0.6) is 0 Å². The van der Waals surface area contributed by atoms with Crippen LogP contribution in [0.15, 0.2) is 0 Å². The van der Waals surface area contributed by atoms with Crippen molar-refractivity contribution in [3.63, 3.8) is 0 Å². The van der Waals surface area contributed by atoms with Gasteiger partial charge in [0, 0.05) is 0 Å². The molecule has 0 bridgehead atoms. The zero-order chi connectivity index (χ0) is 4.50. The Balaban J connectivity index is -0.0000000800. The average Bonchev–Trinajstić information content (AvgIpc) is 0.722. The van der Waals surface area contributed by atoms with Crippen LogP contribution in [0.25, 0.3) is 0 Å². The second-order valence-corrected chi connectivity index (χ2v) is 1.34. The molecule has 0 aromatic rings. The van der Waals surface area contributed by atoms with Gasteiger partial charge in [0.25, 0.3) is 0 Å². The van der Waals surface area contributed by atoms with Crippen LogP contribution in [0.3, 0.4) is 0 Å². The van der Waals surface area contributed by atoms with Gasteiger partial charge in [0.2, 0.25) is 0 Å². The van der Waals surface area contributed by atoms with E-state index in [1.807, 2.05) is 0 Å². The summed E-state index contributed by atoms with van der Waals surface area (Å²) in [4.78, 5) is 0. The van der Waals surface area contributed by atoms with Gasteiger partial charge >= 0.3 is 49.6 Å². The minimum atomic E-state index is -4.67. The van der Waals surface area contributed by atoms with Crippen LogP contribution in [-0.4, -0.2) is 55.3 Å². The summed E-state index contributed by atoms with van der Waals surface area (Å²) >= 11 is 0. The largest absolute Gasteiger partial charge is 2.00 e. The van der Waals surface area contributed by atoms with Crippen LogP contribution >= 0.6 is 0 Å². The third-order valence-corrected chi connectivity index (χ3v) is 0. The topological polar surface area (TPSA) is 74.6 Å². The summed E-state index contributed by atoms with van der Waals surface area (Å²) in [5, 5.41) is 0. The molecule has 0 heterocycles. The van der Waals surface area contributed by atoms with Crippen molar-refractivity contribution in [2.45, 2.75) is 0 Å². The summed E-state index contributed by atoms with van der Waals surface area (Å²) in [5.74, 6) is 0. The summed E-state index contributed by atoms with van der Waals surface area (Å²) in [6.07, 6.45) is 0. The molecule has 0 unspecified atom stereocenters. The van der Waals surface area contributed by atoms with Gasteiger partial charge in [0.1, 0.15) is 0 Å². The molecule has 0 radical (unpaired) electrons. The molecule has 2 N–H and O–H groups in total. The Morgan fingerprint density at radius 2 is 1.33 bits per heavy atom. The monoisotopic (exact) mass is 139 g/mol. The van der Waals surface area contributed by atoms with Crippen molar-refractivity contribution >= 4 is 48.1 Å². The molecule has 6 heavy (non-hydrogen) atoms. The number of hydrogen-bond donors (Lipinski definition) is 2. The Kier molecular flexibility index (Phi) is 5.38. The first-order valence-corrected chi connectivity index (χ1v) is 2.10. The molecule has 6 heteroatoms. The third-order valence-electron chi connectivity index (χ3n) is 0. The van der Waals surface area contributed by atoms with Crippen molar-refractivity contribution in [1.82, 2.24) is 0 Å². The van der Waals surface area contributed by atoms with Gasteiger partial charge in [-0.05, 0) is 0 Å². The minimum Gasteiger partial charge on any atom is -0.264 e. The fraction of sp³-hybridized carbons (Fsp3) is 0. The molecule has 0 fully saturated rings. The summed E-state index contributed by atoms with van der Waals surface area (Å²) in [6, 6.07) is 0. The molecule has 0 saturated carbocycles. The van der Waals surface area contributed by atoms with Gasteiger partial charge < -0.3 is 0 Å². The first kappa shape index (κ1) is 10.2. The molecule has 0 aromatic heterocycles. The van der Waals surface area contributed by atoms with Crippen molar-refractivity contribution in [1.29, 1.82) is 0 Å². The molecule has 0 aliphatic rings. The SMILES string of the molecule is O=S(=O)(O)O.[Ca+2].[H+]. The van der Waals surface area contributed by atoms with E-state index < -0.39 is 10.4 Å². The Labute approximate surface area is 66.6 Å². The molecule has 32 valence electrons. The molecule has 0 aliphatic heterocycles. The van der Waals surface area contributed by atoms with Crippen LogP contribution < -0.4 is 0 Å². The molecular formula is H3CaO4S+3. The standard InChI is InChI=1S/Ca.H2O4S/c;1-5(2,3)4/h;(H2,1,2,3,4)/q+2;/p+1. The van der Waals surface area contributed by atoms with Crippen LogP contribution in [0.4, 0.5) is 0 Å². The second-order valence-electron chi connectivity index (χ2n) is 0.448. The average molecular weight is 139 g/mol. The molecule has 0 saturated heterocycles. The second kappa shape index (κ2) is 3.17. The Bertz CT molecular complexity index is 94.9. The summed E-state index contributed by atoms with van der Waals surface area (Å²) in [6.45, 7) is 0. The summed E-state index contributed by atoms with van der Waals surface area (Å²) < 4.78 is 31.6. The van der Waals surface area contributed by atoms with Crippen molar-refractivity contribution in [2.75, 3.05) is 0 Å². The van der Waals surface area contributed by atoms with Crippen molar-refractivity contribution in [3.05, 3.63) is 0 Å². The van der Waals surface area contributed by atoms with Crippen LogP contribution in [-0.2, 0) is 10.4 Å². The molecule has 4 nitrogen and oxygen atoms in total. The van der Waals surface area contributed by atoms with E-state index in [9.17, 15) is 0 Å². The van der Waals surface area contributed by atoms with E-state index in [-0.39, 0.29) is 39.2 Å². The van der Waals surface area contributed by atoms with E-state index in [0.717, 1.165) is 0 Å².